The second-order valence-corrected chi connectivity index (χ2v) is 6.09. The Hall–Kier alpha value is -3.74. The lowest BCUT2D eigenvalue weighted by molar-refractivity contribution is 0.355. The minimum Gasteiger partial charge on any atom is -0.493 e. The van der Waals surface area contributed by atoms with Crippen LogP contribution >= 0.6 is 0 Å². The molecular formula is C21H17FN4O2. The fourth-order valence-electron chi connectivity index (χ4n) is 3.09. The molecule has 0 bridgehead atoms. The molecule has 2 aromatic heterocycles. The molecule has 0 aliphatic heterocycles. The molecule has 2 aromatic carbocycles. The van der Waals surface area contributed by atoms with Gasteiger partial charge in [0, 0.05) is 5.56 Å². The van der Waals surface area contributed by atoms with Crippen LogP contribution in [0.4, 0.5) is 10.2 Å². The van der Waals surface area contributed by atoms with Crippen molar-refractivity contribution in [2.45, 2.75) is 0 Å². The van der Waals surface area contributed by atoms with E-state index in [0.717, 1.165) is 16.7 Å². The summed E-state index contributed by atoms with van der Waals surface area (Å²) >= 11 is 0. The SMILES string of the molecule is COc1ccc(-c2cc(-c3ccc(F)cc3)nc3ncnc(N)c23)cc1OC. The number of halogens is 1. The minimum atomic E-state index is -0.309. The van der Waals surface area contributed by atoms with Crippen LogP contribution in [-0.2, 0) is 0 Å². The number of nitrogen functional groups attached to an aromatic ring is 1. The summed E-state index contributed by atoms with van der Waals surface area (Å²) in [6, 6.07) is 13.6. The highest BCUT2D eigenvalue weighted by atomic mass is 19.1. The maximum absolute atomic E-state index is 13.3. The standard InChI is InChI=1S/C21H17FN4O2/c1-27-17-8-5-13(9-18(17)28-2)15-10-16(12-3-6-14(22)7-4-12)26-21-19(15)20(23)24-11-25-21/h3-11H,1-2H3,(H2,23,24,25,26). The third kappa shape index (κ3) is 3.07. The van der Waals surface area contributed by atoms with E-state index in [4.69, 9.17) is 15.2 Å². The van der Waals surface area contributed by atoms with E-state index in [1.165, 1.54) is 18.5 Å². The number of fused-ring (bicyclic) bond motifs is 1. The molecule has 0 fully saturated rings. The third-order valence-electron chi connectivity index (χ3n) is 4.47. The van der Waals surface area contributed by atoms with Crippen molar-refractivity contribution in [3.63, 3.8) is 0 Å². The van der Waals surface area contributed by atoms with Crippen LogP contribution in [0.15, 0.2) is 54.9 Å². The van der Waals surface area contributed by atoms with Crippen molar-refractivity contribution in [3.8, 4) is 33.9 Å². The zero-order chi connectivity index (χ0) is 19.7. The average molecular weight is 376 g/mol. The number of ether oxygens (including phenoxy) is 2. The molecule has 2 heterocycles. The van der Waals surface area contributed by atoms with Gasteiger partial charge in [-0.15, -0.1) is 0 Å². The second kappa shape index (κ2) is 7.11. The summed E-state index contributed by atoms with van der Waals surface area (Å²) in [6.07, 6.45) is 1.37. The maximum Gasteiger partial charge on any atom is 0.165 e. The van der Waals surface area contributed by atoms with Crippen molar-refractivity contribution in [2.24, 2.45) is 0 Å². The topological polar surface area (TPSA) is 83.2 Å². The summed E-state index contributed by atoms with van der Waals surface area (Å²) in [7, 11) is 3.16. The Morgan fingerprint density at radius 1 is 0.857 bits per heavy atom. The van der Waals surface area contributed by atoms with Crippen molar-refractivity contribution in [1.29, 1.82) is 0 Å². The first-order valence-electron chi connectivity index (χ1n) is 8.50. The molecule has 4 rings (SSSR count). The monoisotopic (exact) mass is 376 g/mol. The highest BCUT2D eigenvalue weighted by Gasteiger charge is 2.15. The van der Waals surface area contributed by atoms with Crippen molar-refractivity contribution < 1.29 is 13.9 Å². The van der Waals surface area contributed by atoms with Crippen molar-refractivity contribution >= 4 is 16.9 Å². The Kier molecular flexibility index (Phi) is 4.49. The van der Waals surface area contributed by atoms with Crippen molar-refractivity contribution in [1.82, 2.24) is 15.0 Å². The number of pyridine rings is 1. The number of rotatable bonds is 4. The van der Waals surface area contributed by atoms with Gasteiger partial charge < -0.3 is 15.2 Å². The molecule has 7 heteroatoms. The van der Waals surface area contributed by atoms with Gasteiger partial charge >= 0.3 is 0 Å². The highest BCUT2D eigenvalue weighted by Crippen LogP contribution is 2.37. The molecule has 0 saturated carbocycles. The molecule has 28 heavy (non-hydrogen) atoms. The van der Waals surface area contributed by atoms with Crippen LogP contribution in [-0.4, -0.2) is 29.2 Å². The van der Waals surface area contributed by atoms with Crippen LogP contribution in [0, 0.1) is 5.82 Å². The summed E-state index contributed by atoms with van der Waals surface area (Å²) in [5.74, 6) is 1.22. The number of hydrogen-bond acceptors (Lipinski definition) is 6. The number of anilines is 1. The van der Waals surface area contributed by atoms with Gasteiger partial charge in [-0.05, 0) is 53.6 Å². The molecule has 0 atom stereocenters. The number of hydrogen-bond donors (Lipinski definition) is 1. The molecule has 0 saturated heterocycles. The van der Waals surface area contributed by atoms with Gasteiger partial charge in [0.1, 0.15) is 18.0 Å². The zero-order valence-corrected chi connectivity index (χ0v) is 15.3. The van der Waals surface area contributed by atoms with Crippen molar-refractivity contribution in [3.05, 3.63) is 60.7 Å². The quantitative estimate of drug-likeness (QED) is 0.577. The lowest BCUT2D eigenvalue weighted by Crippen LogP contribution is -1.99. The Balaban J connectivity index is 1.99. The van der Waals surface area contributed by atoms with Gasteiger partial charge in [-0.2, -0.15) is 0 Å². The largest absolute Gasteiger partial charge is 0.493 e. The molecular weight excluding hydrogens is 359 g/mol. The van der Waals surface area contributed by atoms with Gasteiger partial charge in [0.15, 0.2) is 17.1 Å². The first-order valence-corrected chi connectivity index (χ1v) is 8.50. The molecule has 140 valence electrons. The number of methoxy groups -OCH3 is 2. The van der Waals surface area contributed by atoms with Gasteiger partial charge in [0.2, 0.25) is 0 Å². The van der Waals surface area contributed by atoms with Gasteiger partial charge in [-0.25, -0.2) is 19.3 Å². The van der Waals surface area contributed by atoms with E-state index >= 15 is 0 Å². The van der Waals surface area contributed by atoms with Crippen LogP contribution in [0.5, 0.6) is 11.5 Å². The lowest BCUT2D eigenvalue weighted by Gasteiger charge is -2.13. The molecule has 6 nitrogen and oxygen atoms in total. The summed E-state index contributed by atoms with van der Waals surface area (Å²) < 4.78 is 24.1. The number of aromatic nitrogens is 3. The van der Waals surface area contributed by atoms with Gasteiger partial charge in [-0.1, -0.05) is 6.07 Å². The van der Waals surface area contributed by atoms with Crippen molar-refractivity contribution in [2.75, 3.05) is 20.0 Å². The van der Waals surface area contributed by atoms with E-state index in [0.29, 0.717) is 34.0 Å². The van der Waals surface area contributed by atoms with E-state index in [1.54, 1.807) is 26.4 Å². The van der Waals surface area contributed by atoms with E-state index in [-0.39, 0.29) is 5.82 Å². The van der Waals surface area contributed by atoms with Crippen LogP contribution in [0.1, 0.15) is 0 Å². The molecule has 0 spiro atoms. The first-order chi connectivity index (χ1) is 13.6. The lowest BCUT2D eigenvalue weighted by atomic mass is 9.99. The Labute approximate surface area is 160 Å². The highest BCUT2D eigenvalue weighted by molar-refractivity contribution is 6.01. The predicted molar refractivity (Wildman–Crippen MR) is 106 cm³/mol. The fraction of sp³-hybridized carbons (Fsp3) is 0.0952. The van der Waals surface area contributed by atoms with Crippen LogP contribution in [0.3, 0.4) is 0 Å². The molecule has 4 aromatic rings. The number of benzene rings is 2. The Morgan fingerprint density at radius 2 is 1.57 bits per heavy atom. The molecule has 2 N–H and O–H groups in total. The average Bonchev–Trinajstić information content (AvgIpc) is 2.73. The van der Waals surface area contributed by atoms with E-state index < -0.39 is 0 Å². The molecule has 0 unspecified atom stereocenters. The molecule has 0 aliphatic carbocycles. The summed E-state index contributed by atoms with van der Waals surface area (Å²) in [4.78, 5) is 13.0. The zero-order valence-electron chi connectivity index (χ0n) is 15.3. The maximum atomic E-state index is 13.3. The third-order valence-corrected chi connectivity index (χ3v) is 4.47. The van der Waals surface area contributed by atoms with Crippen LogP contribution in [0.25, 0.3) is 33.4 Å². The number of nitrogens with two attached hydrogens (primary N) is 1. The van der Waals surface area contributed by atoms with Gasteiger partial charge in [0.25, 0.3) is 0 Å². The fourth-order valence-corrected chi connectivity index (χ4v) is 3.09. The van der Waals surface area contributed by atoms with E-state index in [9.17, 15) is 4.39 Å². The first kappa shape index (κ1) is 17.7. The number of nitrogens with zero attached hydrogens (tertiary/aromatic N) is 3. The molecule has 0 amide bonds. The summed E-state index contributed by atoms with van der Waals surface area (Å²) in [5, 5.41) is 0.639. The summed E-state index contributed by atoms with van der Waals surface area (Å²) in [6.45, 7) is 0. The van der Waals surface area contributed by atoms with Crippen LogP contribution < -0.4 is 15.2 Å². The minimum absolute atomic E-state index is 0.309. The molecule has 0 aliphatic rings. The predicted octanol–water partition coefficient (Wildman–Crippen LogP) is 4.10. The van der Waals surface area contributed by atoms with E-state index in [1.807, 2.05) is 24.3 Å². The normalized spacial score (nSPS) is 10.8. The second-order valence-electron chi connectivity index (χ2n) is 6.09. The molecule has 0 radical (unpaired) electrons. The summed E-state index contributed by atoms with van der Waals surface area (Å²) in [5.41, 5.74) is 9.64. The van der Waals surface area contributed by atoms with Crippen LogP contribution in [0.2, 0.25) is 0 Å². The smallest absolute Gasteiger partial charge is 0.165 e. The van der Waals surface area contributed by atoms with Gasteiger partial charge in [-0.3, -0.25) is 0 Å². The Morgan fingerprint density at radius 3 is 2.29 bits per heavy atom. The van der Waals surface area contributed by atoms with E-state index in [2.05, 4.69) is 15.0 Å². The Bertz CT molecular complexity index is 1160. The van der Waals surface area contributed by atoms with Gasteiger partial charge in [0.05, 0.1) is 25.3 Å².